The first-order valence-corrected chi connectivity index (χ1v) is 23.2. The van der Waals surface area contributed by atoms with Crippen molar-refractivity contribution in [1.29, 1.82) is 0 Å². The molecular formula is C65H44N2. The molecule has 0 saturated heterocycles. The Kier molecular flexibility index (Phi) is 9.11. The van der Waals surface area contributed by atoms with Crippen molar-refractivity contribution in [2.75, 3.05) is 4.90 Å². The first-order valence-electron chi connectivity index (χ1n) is 23.2. The van der Waals surface area contributed by atoms with E-state index in [0.29, 0.717) is 0 Å². The second-order valence-electron chi connectivity index (χ2n) is 17.6. The van der Waals surface area contributed by atoms with E-state index >= 15 is 0 Å². The summed E-state index contributed by atoms with van der Waals surface area (Å²) in [6.45, 7) is 0. The van der Waals surface area contributed by atoms with Gasteiger partial charge in [0.2, 0.25) is 0 Å². The number of anilines is 3. The molecule has 0 bridgehead atoms. The maximum absolute atomic E-state index is 2.45. The summed E-state index contributed by atoms with van der Waals surface area (Å²) in [5.74, 6) is 0. The fourth-order valence-corrected chi connectivity index (χ4v) is 11.1. The number of nitrogens with zero attached hydrogens (tertiary/aromatic N) is 2. The van der Waals surface area contributed by atoms with Crippen LogP contribution >= 0.6 is 0 Å². The van der Waals surface area contributed by atoms with Gasteiger partial charge in [-0.3, -0.25) is 0 Å². The first-order chi connectivity index (χ1) is 33.3. The number of aromatic nitrogens is 1. The Morgan fingerprint density at radius 2 is 0.896 bits per heavy atom. The number of hydrogen-bond acceptors (Lipinski definition) is 1. The van der Waals surface area contributed by atoms with E-state index in [-0.39, 0.29) is 0 Å². The molecule has 0 aliphatic heterocycles. The Bertz CT molecular complexity index is 3740. The van der Waals surface area contributed by atoms with E-state index in [1.807, 2.05) is 0 Å². The van der Waals surface area contributed by atoms with Crippen LogP contribution in [0.15, 0.2) is 267 Å². The Labute approximate surface area is 390 Å². The molecule has 67 heavy (non-hydrogen) atoms. The number of rotatable bonds is 8. The third-order valence-corrected chi connectivity index (χ3v) is 14.1. The van der Waals surface area contributed by atoms with Gasteiger partial charge in [0.1, 0.15) is 0 Å². The molecule has 0 spiro atoms. The molecule has 0 atom stereocenters. The Morgan fingerprint density at radius 3 is 1.64 bits per heavy atom. The lowest BCUT2D eigenvalue weighted by atomic mass is 9.68. The summed E-state index contributed by atoms with van der Waals surface area (Å²) in [4.78, 5) is 2.45. The molecule has 2 nitrogen and oxygen atoms in total. The van der Waals surface area contributed by atoms with Crippen LogP contribution in [-0.4, -0.2) is 4.57 Å². The van der Waals surface area contributed by atoms with Gasteiger partial charge in [0.05, 0.1) is 22.1 Å². The quantitative estimate of drug-likeness (QED) is 0.148. The normalized spacial score (nSPS) is 12.6. The van der Waals surface area contributed by atoms with Crippen molar-refractivity contribution in [3.05, 3.63) is 289 Å². The van der Waals surface area contributed by atoms with Gasteiger partial charge in [-0.25, -0.2) is 0 Å². The molecule has 1 aliphatic rings. The maximum Gasteiger partial charge on any atom is 0.0713 e. The maximum atomic E-state index is 2.45. The summed E-state index contributed by atoms with van der Waals surface area (Å²) in [6.07, 6.45) is 0. The molecule has 314 valence electrons. The first kappa shape index (κ1) is 38.7. The molecule has 0 unspecified atom stereocenters. The Balaban J connectivity index is 0.989. The van der Waals surface area contributed by atoms with Crippen molar-refractivity contribution >= 4 is 49.6 Å². The zero-order valence-electron chi connectivity index (χ0n) is 36.8. The monoisotopic (exact) mass is 852 g/mol. The number of benzene rings is 11. The summed E-state index contributed by atoms with van der Waals surface area (Å²) >= 11 is 0. The largest absolute Gasteiger partial charge is 0.310 e. The third-order valence-electron chi connectivity index (χ3n) is 14.1. The molecule has 0 radical (unpaired) electrons. The Morgan fingerprint density at radius 1 is 0.328 bits per heavy atom. The van der Waals surface area contributed by atoms with Gasteiger partial charge in [-0.05, 0) is 104 Å². The van der Waals surface area contributed by atoms with Gasteiger partial charge in [-0.15, -0.1) is 0 Å². The van der Waals surface area contributed by atoms with Crippen molar-refractivity contribution in [1.82, 2.24) is 4.57 Å². The van der Waals surface area contributed by atoms with E-state index in [4.69, 9.17) is 0 Å². The topological polar surface area (TPSA) is 8.17 Å². The zero-order valence-corrected chi connectivity index (χ0v) is 36.8. The van der Waals surface area contributed by atoms with Crippen LogP contribution in [-0.2, 0) is 5.41 Å². The van der Waals surface area contributed by atoms with Crippen LogP contribution in [0, 0.1) is 0 Å². The number of fused-ring (bicyclic) bond motifs is 8. The van der Waals surface area contributed by atoms with Gasteiger partial charge in [0.15, 0.2) is 0 Å². The van der Waals surface area contributed by atoms with E-state index in [1.165, 1.54) is 82.6 Å². The fourth-order valence-electron chi connectivity index (χ4n) is 11.1. The molecule has 1 aromatic heterocycles. The molecule has 12 aromatic rings. The highest BCUT2D eigenvalue weighted by atomic mass is 15.1. The summed E-state index contributed by atoms with van der Waals surface area (Å²) in [5, 5.41) is 5.00. The van der Waals surface area contributed by atoms with E-state index < -0.39 is 5.41 Å². The minimum Gasteiger partial charge on any atom is -0.310 e. The minimum absolute atomic E-state index is 0.470. The summed E-state index contributed by atoms with van der Waals surface area (Å²) < 4.78 is 2.45. The van der Waals surface area contributed by atoms with Crippen molar-refractivity contribution < 1.29 is 0 Å². The molecular weight excluding hydrogens is 809 g/mol. The second-order valence-corrected chi connectivity index (χ2v) is 17.6. The van der Waals surface area contributed by atoms with Gasteiger partial charge in [-0.2, -0.15) is 0 Å². The van der Waals surface area contributed by atoms with Crippen molar-refractivity contribution in [2.45, 2.75) is 5.41 Å². The van der Waals surface area contributed by atoms with Gasteiger partial charge >= 0.3 is 0 Å². The standard InChI is InChI=1S/C65H44N2/c1-5-19-46(20-6-1)54-28-16-18-32-62(54)66(53-39-42-61-59(44-53)56-30-15-17-31-60(56)65(61,49-22-7-2-8-23-49)50-24-9-3-10-25-50)52-37-33-45(34-38-52)48-36-40-57-58-41-35-47-21-13-14-29-55(47)64(58)67(63(57)43-48)51-26-11-4-12-27-51/h1-44H. The predicted octanol–water partition coefficient (Wildman–Crippen LogP) is 17.1. The van der Waals surface area contributed by atoms with Crippen LogP contribution in [0.4, 0.5) is 17.1 Å². The highest BCUT2D eigenvalue weighted by Crippen LogP contribution is 2.57. The van der Waals surface area contributed by atoms with Gasteiger partial charge in [0, 0.05) is 38.8 Å². The number of para-hydroxylation sites is 2. The van der Waals surface area contributed by atoms with Gasteiger partial charge in [-0.1, -0.05) is 218 Å². The highest BCUT2D eigenvalue weighted by Gasteiger charge is 2.46. The second kappa shape index (κ2) is 15.8. The molecule has 0 amide bonds. The van der Waals surface area contributed by atoms with E-state index in [2.05, 4.69) is 276 Å². The molecule has 0 N–H and O–H groups in total. The lowest BCUT2D eigenvalue weighted by Gasteiger charge is -2.34. The van der Waals surface area contributed by atoms with Crippen LogP contribution < -0.4 is 4.90 Å². The fraction of sp³-hybridized carbons (Fsp3) is 0.0154. The van der Waals surface area contributed by atoms with Crippen LogP contribution in [0.5, 0.6) is 0 Å². The smallest absolute Gasteiger partial charge is 0.0713 e. The minimum atomic E-state index is -0.470. The lowest BCUT2D eigenvalue weighted by Crippen LogP contribution is -2.28. The highest BCUT2D eigenvalue weighted by molar-refractivity contribution is 6.19. The lowest BCUT2D eigenvalue weighted by molar-refractivity contribution is 0.768. The molecule has 0 fully saturated rings. The van der Waals surface area contributed by atoms with Crippen molar-refractivity contribution in [3.63, 3.8) is 0 Å². The van der Waals surface area contributed by atoms with Gasteiger partial charge < -0.3 is 9.47 Å². The molecule has 0 saturated carbocycles. The predicted molar refractivity (Wildman–Crippen MR) is 281 cm³/mol. The molecule has 11 aromatic carbocycles. The molecule has 1 heterocycles. The average Bonchev–Trinajstić information content (AvgIpc) is 3.91. The number of hydrogen-bond donors (Lipinski definition) is 0. The van der Waals surface area contributed by atoms with E-state index in [1.54, 1.807) is 0 Å². The summed E-state index contributed by atoms with van der Waals surface area (Å²) in [6, 6.07) is 98.0. The summed E-state index contributed by atoms with van der Waals surface area (Å²) in [7, 11) is 0. The third kappa shape index (κ3) is 6.11. The van der Waals surface area contributed by atoms with E-state index in [0.717, 1.165) is 28.3 Å². The Hall–Kier alpha value is -8.72. The van der Waals surface area contributed by atoms with Crippen LogP contribution in [0.1, 0.15) is 22.3 Å². The van der Waals surface area contributed by atoms with Gasteiger partial charge in [0.25, 0.3) is 0 Å². The van der Waals surface area contributed by atoms with Crippen LogP contribution in [0.3, 0.4) is 0 Å². The SMILES string of the molecule is c1ccc(-c2ccccc2N(c2ccc(-c3ccc4c5ccc6ccccc6c5n(-c5ccccc5)c4c3)cc2)c2ccc3c(c2)-c2ccccc2C3(c2ccccc2)c2ccccc2)cc1. The van der Waals surface area contributed by atoms with Crippen LogP contribution in [0.25, 0.3) is 71.6 Å². The molecule has 13 rings (SSSR count). The molecule has 1 aliphatic carbocycles. The van der Waals surface area contributed by atoms with Crippen LogP contribution in [0.2, 0.25) is 0 Å². The average molecular weight is 853 g/mol. The van der Waals surface area contributed by atoms with E-state index in [9.17, 15) is 0 Å². The van der Waals surface area contributed by atoms with Crippen molar-refractivity contribution in [2.24, 2.45) is 0 Å². The van der Waals surface area contributed by atoms with Crippen molar-refractivity contribution in [3.8, 4) is 39.1 Å². The zero-order chi connectivity index (χ0) is 44.3. The summed E-state index contributed by atoms with van der Waals surface area (Å²) in [5.41, 5.74) is 18.7. The molecule has 2 heteroatoms.